The SMILES string of the molecule is CC.Cc1cc(C(=O)N2CCC(CN3CCN(Cc4ccc5c(c4)n(C)c(=O)n5C4CCC(=O)NC4=O)C3)CC2)cc(C)c1C1=CCN(Cc2cc3c(n2C)NC=C/C3=C2/C=CC(N)=NC2)CC1. The van der Waals surface area contributed by atoms with Gasteiger partial charge in [-0.05, 0) is 127 Å². The molecule has 3 saturated heterocycles. The van der Waals surface area contributed by atoms with Gasteiger partial charge in [-0.2, -0.15) is 0 Å². The molecule has 0 radical (unpaired) electrons. The molecule has 4 N–H and O–H groups in total. The van der Waals surface area contributed by atoms with Gasteiger partial charge in [-0.15, -0.1) is 0 Å². The van der Waals surface area contributed by atoms with Crippen LogP contribution in [0.4, 0.5) is 5.82 Å². The predicted octanol–water partition coefficient (Wildman–Crippen LogP) is 5.84. The first kappa shape index (κ1) is 46.8. The molecular formula is C53H67N11O4. The van der Waals surface area contributed by atoms with E-state index in [0.29, 0.717) is 30.2 Å². The van der Waals surface area contributed by atoms with E-state index >= 15 is 0 Å². The van der Waals surface area contributed by atoms with Crippen molar-refractivity contribution in [2.24, 2.45) is 30.7 Å². The summed E-state index contributed by atoms with van der Waals surface area (Å²) in [5.74, 6) is 1.63. The fraction of sp³-hybridized carbons (Fsp3) is 0.453. The number of benzene rings is 2. The van der Waals surface area contributed by atoms with Crippen LogP contribution in [-0.4, -0.2) is 116 Å². The number of anilines is 1. The molecule has 0 saturated carbocycles. The highest BCUT2D eigenvalue weighted by Gasteiger charge is 2.32. The van der Waals surface area contributed by atoms with Gasteiger partial charge in [-0.25, -0.2) is 4.79 Å². The minimum Gasteiger partial charge on any atom is -0.384 e. The molecule has 8 heterocycles. The number of amides is 3. The first-order valence-corrected chi connectivity index (χ1v) is 24.5. The molecule has 358 valence electrons. The molecule has 3 amide bonds. The number of aliphatic imine (C=N–C) groups is 1. The number of nitrogens with zero attached hydrogens (tertiary/aromatic N) is 8. The maximum atomic E-state index is 13.9. The molecule has 3 fully saturated rings. The van der Waals surface area contributed by atoms with Crippen LogP contribution in [0.1, 0.15) is 95.9 Å². The molecule has 15 heteroatoms. The van der Waals surface area contributed by atoms with E-state index in [4.69, 9.17) is 5.73 Å². The smallest absolute Gasteiger partial charge is 0.329 e. The summed E-state index contributed by atoms with van der Waals surface area (Å²) in [6, 6.07) is 11.9. The van der Waals surface area contributed by atoms with Crippen molar-refractivity contribution in [3.05, 3.63) is 122 Å². The highest BCUT2D eigenvalue weighted by Crippen LogP contribution is 2.36. The van der Waals surface area contributed by atoms with Crippen LogP contribution in [0.3, 0.4) is 0 Å². The van der Waals surface area contributed by atoms with Crippen LogP contribution in [0.5, 0.6) is 0 Å². The number of amidine groups is 1. The van der Waals surface area contributed by atoms with Gasteiger partial charge in [-0.1, -0.05) is 32.1 Å². The highest BCUT2D eigenvalue weighted by atomic mass is 16.2. The molecule has 10 rings (SSSR count). The second-order valence-electron chi connectivity index (χ2n) is 19.2. The van der Waals surface area contributed by atoms with Gasteiger partial charge < -0.3 is 20.5 Å². The van der Waals surface area contributed by atoms with Gasteiger partial charge in [0.25, 0.3) is 5.91 Å². The third-order valence-corrected chi connectivity index (χ3v) is 14.7. The van der Waals surface area contributed by atoms with E-state index in [0.717, 1.165) is 107 Å². The Morgan fingerprint density at radius 2 is 1.59 bits per heavy atom. The van der Waals surface area contributed by atoms with Crippen molar-refractivity contribution in [1.29, 1.82) is 0 Å². The molecule has 0 bridgehead atoms. The summed E-state index contributed by atoms with van der Waals surface area (Å²) in [7, 11) is 3.87. The second kappa shape index (κ2) is 19.7. The summed E-state index contributed by atoms with van der Waals surface area (Å²) in [5.41, 5.74) is 18.8. The topological polar surface area (TPSA) is 158 Å². The number of imidazole rings is 1. The van der Waals surface area contributed by atoms with Crippen LogP contribution in [0.15, 0.2) is 82.3 Å². The number of aromatic nitrogens is 3. The largest absolute Gasteiger partial charge is 0.384 e. The summed E-state index contributed by atoms with van der Waals surface area (Å²) in [6.45, 7) is 17.8. The van der Waals surface area contributed by atoms with E-state index in [1.807, 2.05) is 38.3 Å². The number of nitrogens with two attached hydrogens (primary N) is 1. The molecule has 0 aliphatic carbocycles. The van der Waals surface area contributed by atoms with Gasteiger partial charge in [0.15, 0.2) is 0 Å². The number of hydrogen-bond donors (Lipinski definition) is 3. The van der Waals surface area contributed by atoms with Crippen molar-refractivity contribution in [3.8, 4) is 0 Å². The predicted molar refractivity (Wildman–Crippen MR) is 270 cm³/mol. The Bertz CT molecular complexity index is 2840. The number of likely N-dealkylation sites (tertiary alicyclic amines) is 1. The molecule has 2 aromatic heterocycles. The second-order valence-corrected chi connectivity index (χ2v) is 19.2. The molecule has 2 aromatic carbocycles. The Balaban J connectivity index is 0.00000285. The monoisotopic (exact) mass is 922 g/mol. The van der Waals surface area contributed by atoms with E-state index in [-0.39, 0.29) is 23.9 Å². The average Bonchev–Trinajstić information content (AvgIpc) is 3.99. The number of nitrogens with one attached hydrogen (secondary N) is 2. The van der Waals surface area contributed by atoms with Crippen molar-refractivity contribution in [3.63, 3.8) is 0 Å². The van der Waals surface area contributed by atoms with Crippen LogP contribution in [0.2, 0.25) is 0 Å². The summed E-state index contributed by atoms with van der Waals surface area (Å²) in [4.78, 5) is 65.5. The molecule has 4 aromatic rings. The zero-order valence-corrected chi connectivity index (χ0v) is 40.6. The first-order chi connectivity index (χ1) is 32.9. The Morgan fingerprint density at radius 1 is 0.824 bits per heavy atom. The molecule has 1 atom stereocenters. The maximum absolute atomic E-state index is 13.9. The van der Waals surface area contributed by atoms with E-state index in [1.54, 1.807) is 11.6 Å². The summed E-state index contributed by atoms with van der Waals surface area (Å²) >= 11 is 0. The zero-order chi connectivity index (χ0) is 47.8. The fourth-order valence-corrected chi connectivity index (χ4v) is 11.2. The van der Waals surface area contributed by atoms with Gasteiger partial charge in [0.05, 0.1) is 24.2 Å². The molecule has 6 aliphatic heterocycles. The van der Waals surface area contributed by atoms with Gasteiger partial charge >= 0.3 is 5.69 Å². The third-order valence-electron chi connectivity index (χ3n) is 14.7. The van der Waals surface area contributed by atoms with Crippen LogP contribution in [-0.2, 0) is 36.8 Å². The summed E-state index contributed by atoms with van der Waals surface area (Å²) < 4.78 is 5.40. The minimum atomic E-state index is -0.690. The van der Waals surface area contributed by atoms with Crippen molar-refractivity contribution >= 4 is 51.6 Å². The lowest BCUT2D eigenvalue weighted by molar-refractivity contribution is -0.135. The van der Waals surface area contributed by atoms with Crippen LogP contribution in [0.25, 0.3) is 22.2 Å². The lowest BCUT2D eigenvalue weighted by atomic mass is 9.89. The number of carbonyl (C=O) groups is 3. The molecular weight excluding hydrogens is 855 g/mol. The van der Waals surface area contributed by atoms with Gasteiger partial charge in [0.1, 0.15) is 17.7 Å². The van der Waals surface area contributed by atoms with Gasteiger partial charge in [0.2, 0.25) is 11.8 Å². The Labute approximate surface area is 399 Å². The average molecular weight is 922 g/mol. The summed E-state index contributed by atoms with van der Waals surface area (Å²) in [5, 5.41) is 5.84. The zero-order valence-electron chi connectivity index (χ0n) is 40.6. The number of allylic oxidation sites excluding steroid dienone is 2. The van der Waals surface area contributed by atoms with Crippen molar-refractivity contribution in [2.75, 3.05) is 64.3 Å². The van der Waals surface area contributed by atoms with Crippen LogP contribution in [0, 0.1) is 19.8 Å². The normalized spacial score (nSPS) is 21.6. The molecule has 6 aliphatic rings. The Hall–Kier alpha value is -6.29. The Morgan fingerprint density at radius 3 is 2.29 bits per heavy atom. The van der Waals surface area contributed by atoms with Crippen molar-refractivity contribution < 1.29 is 14.4 Å². The number of dihydropyridines is 1. The van der Waals surface area contributed by atoms with Crippen molar-refractivity contribution in [1.82, 2.24) is 38.6 Å². The van der Waals surface area contributed by atoms with Crippen molar-refractivity contribution in [2.45, 2.75) is 78.9 Å². The summed E-state index contributed by atoms with van der Waals surface area (Å²) in [6.07, 6.45) is 14.0. The maximum Gasteiger partial charge on any atom is 0.329 e. The molecule has 68 heavy (non-hydrogen) atoms. The molecule has 15 nitrogen and oxygen atoms in total. The van der Waals surface area contributed by atoms with E-state index in [1.165, 1.54) is 49.2 Å². The van der Waals surface area contributed by atoms with E-state index in [2.05, 4.69) is 103 Å². The minimum absolute atomic E-state index is 0.134. The van der Waals surface area contributed by atoms with E-state index in [9.17, 15) is 19.2 Å². The lowest BCUT2D eigenvalue weighted by Gasteiger charge is -2.34. The number of fused-ring (bicyclic) bond motifs is 2. The van der Waals surface area contributed by atoms with Crippen LogP contribution >= 0.6 is 0 Å². The van der Waals surface area contributed by atoms with Gasteiger partial charge in [0, 0.05) is 102 Å². The standard InChI is InChI=1S/C51H61N11O4.C2H6/c1-32-23-38(24-33(2)47(32)36-14-17-58(18-15-36)30-39-26-41-40(11-16-53-48(41)56(39)3)37-6-9-45(52)54-27-37)50(65)61-19-12-34(13-20-61)28-59-21-22-60(31-59)29-35-5-7-42-44(25-35)57(4)51(66)62(42)43-8-10-46(63)55-49(43)64;1-2/h5-7,9,11,14,16,23-26,34,43,53H,8,10,12-13,15,17-22,27-31H2,1-4H3,(H2,52,54)(H,55,63,64);1-2H3/b40-37+;. The Kier molecular flexibility index (Phi) is 13.6. The van der Waals surface area contributed by atoms with E-state index < -0.39 is 11.9 Å². The fourth-order valence-electron chi connectivity index (χ4n) is 11.2. The van der Waals surface area contributed by atoms with Gasteiger partial charge in [-0.3, -0.25) is 48.5 Å². The number of carbonyl (C=O) groups excluding carboxylic acids is 3. The number of piperidine rings is 2. The molecule has 0 spiro atoms. The quantitative estimate of drug-likeness (QED) is 0.176. The number of hydrogen-bond acceptors (Lipinski definition) is 10. The van der Waals surface area contributed by atoms with Crippen LogP contribution < -0.4 is 22.1 Å². The number of aryl methyl sites for hydroxylation is 3. The third kappa shape index (κ3) is 9.31. The highest BCUT2D eigenvalue weighted by molar-refractivity contribution is 6.00. The number of rotatable bonds is 9. The molecule has 1 unspecified atom stereocenters. The lowest BCUT2D eigenvalue weighted by Crippen LogP contribution is -2.44. The first-order valence-electron chi connectivity index (χ1n) is 24.5. The number of imide groups is 1.